The molecule has 0 spiro atoms. The molecule has 0 atom stereocenters. The van der Waals surface area contributed by atoms with Crippen LogP contribution in [-0.4, -0.2) is 11.7 Å². The van der Waals surface area contributed by atoms with Gasteiger partial charge in [-0.2, -0.15) is 0 Å². The first-order chi connectivity index (χ1) is 6.33. The minimum atomic E-state index is 0.169. The van der Waals surface area contributed by atoms with Crippen molar-refractivity contribution in [3.05, 3.63) is 35.6 Å². The van der Waals surface area contributed by atoms with Gasteiger partial charge in [0, 0.05) is 17.6 Å². The summed E-state index contributed by atoms with van der Waals surface area (Å²) >= 11 is 0. The molecule has 0 saturated carbocycles. The summed E-state index contributed by atoms with van der Waals surface area (Å²) in [6.45, 7) is 2.19. The second-order valence-electron chi connectivity index (χ2n) is 3.19. The highest BCUT2D eigenvalue weighted by molar-refractivity contribution is 5.83. The molecule has 0 aliphatic heterocycles. The predicted octanol–water partition coefficient (Wildman–Crippen LogP) is 2.28. The van der Waals surface area contributed by atoms with Crippen molar-refractivity contribution in [2.75, 3.05) is 6.61 Å². The van der Waals surface area contributed by atoms with Gasteiger partial charge in [-0.15, -0.1) is 0 Å². The van der Waals surface area contributed by atoms with Crippen LogP contribution in [0.2, 0.25) is 0 Å². The Kier molecular flexibility index (Phi) is 2.07. The van der Waals surface area contributed by atoms with Crippen LogP contribution in [0.3, 0.4) is 0 Å². The average molecular weight is 176 g/mol. The number of para-hydroxylation sites is 1. The van der Waals surface area contributed by atoms with Gasteiger partial charge < -0.3 is 9.52 Å². The van der Waals surface area contributed by atoms with Gasteiger partial charge in [-0.3, -0.25) is 0 Å². The first kappa shape index (κ1) is 8.32. The van der Waals surface area contributed by atoms with Crippen LogP contribution in [0.1, 0.15) is 11.1 Å². The number of aliphatic hydroxyl groups is 1. The molecule has 2 rings (SSSR count). The Morgan fingerprint density at radius 1 is 1.38 bits per heavy atom. The third kappa shape index (κ3) is 1.33. The monoisotopic (exact) mass is 176 g/mol. The van der Waals surface area contributed by atoms with Crippen LogP contribution in [0.5, 0.6) is 0 Å². The van der Waals surface area contributed by atoms with Crippen molar-refractivity contribution in [1.29, 1.82) is 0 Å². The summed E-state index contributed by atoms with van der Waals surface area (Å²) < 4.78 is 5.42. The smallest absolute Gasteiger partial charge is 0.137 e. The van der Waals surface area contributed by atoms with Gasteiger partial charge in [0.15, 0.2) is 0 Å². The normalized spacial score (nSPS) is 10.9. The molecule has 0 aliphatic carbocycles. The van der Waals surface area contributed by atoms with Gasteiger partial charge in [0.05, 0.1) is 6.26 Å². The topological polar surface area (TPSA) is 33.4 Å². The summed E-state index contributed by atoms with van der Waals surface area (Å²) in [5, 5.41) is 9.94. The van der Waals surface area contributed by atoms with E-state index in [1.165, 1.54) is 0 Å². The van der Waals surface area contributed by atoms with Crippen LogP contribution in [0.15, 0.2) is 28.9 Å². The van der Waals surface area contributed by atoms with E-state index in [1.54, 1.807) is 6.26 Å². The number of aryl methyl sites for hydroxylation is 1. The zero-order valence-electron chi connectivity index (χ0n) is 7.58. The Bertz CT molecular complexity index is 415. The molecule has 2 aromatic rings. The van der Waals surface area contributed by atoms with E-state index in [1.807, 2.05) is 25.1 Å². The third-order valence-electron chi connectivity index (χ3n) is 2.26. The Hall–Kier alpha value is -1.28. The van der Waals surface area contributed by atoms with E-state index in [9.17, 15) is 0 Å². The van der Waals surface area contributed by atoms with Crippen molar-refractivity contribution < 1.29 is 9.52 Å². The maximum atomic E-state index is 8.83. The lowest BCUT2D eigenvalue weighted by molar-refractivity contribution is 0.299. The molecular formula is C11H12O2. The van der Waals surface area contributed by atoms with Crippen molar-refractivity contribution in [3.63, 3.8) is 0 Å². The lowest BCUT2D eigenvalue weighted by Crippen LogP contribution is -1.87. The number of aliphatic hydroxyl groups excluding tert-OH is 1. The zero-order valence-corrected chi connectivity index (χ0v) is 7.58. The second kappa shape index (κ2) is 3.23. The molecule has 0 saturated heterocycles. The maximum absolute atomic E-state index is 8.83. The van der Waals surface area contributed by atoms with E-state index in [4.69, 9.17) is 9.52 Å². The number of hydrogen-bond acceptors (Lipinski definition) is 2. The molecule has 0 fully saturated rings. The molecule has 68 valence electrons. The first-order valence-electron chi connectivity index (χ1n) is 4.39. The Morgan fingerprint density at radius 3 is 3.00 bits per heavy atom. The molecule has 2 heteroatoms. The van der Waals surface area contributed by atoms with Crippen LogP contribution in [0, 0.1) is 6.92 Å². The maximum Gasteiger partial charge on any atom is 0.137 e. The summed E-state index contributed by atoms with van der Waals surface area (Å²) in [7, 11) is 0. The van der Waals surface area contributed by atoms with Crippen LogP contribution in [0.4, 0.5) is 0 Å². The van der Waals surface area contributed by atoms with Crippen LogP contribution < -0.4 is 0 Å². The van der Waals surface area contributed by atoms with Crippen molar-refractivity contribution in [2.45, 2.75) is 13.3 Å². The quantitative estimate of drug-likeness (QED) is 0.761. The van der Waals surface area contributed by atoms with E-state index in [2.05, 4.69) is 0 Å². The highest BCUT2D eigenvalue weighted by Crippen LogP contribution is 2.23. The summed E-state index contributed by atoms with van der Waals surface area (Å²) in [5.41, 5.74) is 3.16. The largest absolute Gasteiger partial charge is 0.464 e. The molecule has 0 bridgehead atoms. The number of hydrogen-bond donors (Lipinski definition) is 1. The van der Waals surface area contributed by atoms with Crippen molar-refractivity contribution >= 4 is 11.0 Å². The van der Waals surface area contributed by atoms with E-state index < -0.39 is 0 Å². The predicted molar refractivity (Wildman–Crippen MR) is 51.7 cm³/mol. The number of benzene rings is 1. The highest BCUT2D eigenvalue weighted by Gasteiger charge is 2.05. The number of fused-ring (bicyclic) bond motifs is 1. The van der Waals surface area contributed by atoms with Crippen LogP contribution in [0.25, 0.3) is 11.0 Å². The third-order valence-corrected chi connectivity index (χ3v) is 2.26. The van der Waals surface area contributed by atoms with Crippen molar-refractivity contribution in [3.8, 4) is 0 Å². The van der Waals surface area contributed by atoms with Crippen molar-refractivity contribution in [2.24, 2.45) is 0 Å². The fourth-order valence-corrected chi connectivity index (χ4v) is 1.57. The van der Waals surface area contributed by atoms with E-state index in [-0.39, 0.29) is 6.61 Å². The molecule has 0 amide bonds. The lowest BCUT2D eigenvalue weighted by atomic mass is 10.1. The summed E-state index contributed by atoms with van der Waals surface area (Å²) in [6, 6.07) is 6.06. The van der Waals surface area contributed by atoms with Crippen molar-refractivity contribution in [1.82, 2.24) is 0 Å². The first-order valence-corrected chi connectivity index (χ1v) is 4.39. The molecule has 0 aliphatic rings. The molecule has 0 unspecified atom stereocenters. The molecule has 2 nitrogen and oxygen atoms in total. The Labute approximate surface area is 76.8 Å². The molecule has 1 aromatic carbocycles. The molecule has 1 heterocycles. The second-order valence-corrected chi connectivity index (χ2v) is 3.19. The van der Waals surface area contributed by atoms with Gasteiger partial charge in [0.25, 0.3) is 0 Å². The minimum Gasteiger partial charge on any atom is -0.464 e. The average Bonchev–Trinajstić information content (AvgIpc) is 2.51. The molecule has 13 heavy (non-hydrogen) atoms. The molecule has 0 radical (unpaired) electrons. The Morgan fingerprint density at radius 2 is 2.23 bits per heavy atom. The number of furan rings is 1. The van der Waals surface area contributed by atoms with Crippen LogP contribution in [-0.2, 0) is 6.42 Å². The lowest BCUT2D eigenvalue weighted by Gasteiger charge is -1.95. The van der Waals surface area contributed by atoms with Crippen LogP contribution >= 0.6 is 0 Å². The van der Waals surface area contributed by atoms with Gasteiger partial charge in [-0.25, -0.2) is 0 Å². The van der Waals surface area contributed by atoms with E-state index in [0.717, 1.165) is 22.1 Å². The van der Waals surface area contributed by atoms with E-state index in [0.29, 0.717) is 6.42 Å². The number of rotatable bonds is 2. The summed E-state index contributed by atoms with van der Waals surface area (Å²) in [5.74, 6) is 0. The van der Waals surface area contributed by atoms with Gasteiger partial charge in [0.2, 0.25) is 0 Å². The molecule has 1 N–H and O–H groups in total. The fourth-order valence-electron chi connectivity index (χ4n) is 1.57. The Balaban J connectivity index is 2.61. The van der Waals surface area contributed by atoms with Gasteiger partial charge in [-0.1, -0.05) is 18.2 Å². The SMILES string of the molecule is Cc1cccc2c(CCO)coc12. The standard InChI is InChI=1S/C11H12O2/c1-8-3-2-4-10-9(5-6-12)7-13-11(8)10/h2-4,7,12H,5-6H2,1H3. The zero-order chi connectivity index (χ0) is 9.26. The van der Waals surface area contributed by atoms with Gasteiger partial charge in [0.1, 0.15) is 5.58 Å². The fraction of sp³-hybridized carbons (Fsp3) is 0.273. The summed E-state index contributed by atoms with van der Waals surface area (Å²) in [6.07, 6.45) is 2.39. The molecule has 1 aromatic heterocycles. The molecular weight excluding hydrogens is 164 g/mol. The minimum absolute atomic E-state index is 0.169. The highest BCUT2D eigenvalue weighted by atomic mass is 16.3. The summed E-state index contributed by atoms with van der Waals surface area (Å²) in [4.78, 5) is 0. The van der Waals surface area contributed by atoms with Gasteiger partial charge >= 0.3 is 0 Å². The van der Waals surface area contributed by atoms with E-state index >= 15 is 0 Å². The van der Waals surface area contributed by atoms with Gasteiger partial charge in [-0.05, 0) is 18.9 Å².